The summed E-state index contributed by atoms with van der Waals surface area (Å²) in [6, 6.07) is 0.128. The van der Waals surface area contributed by atoms with Gasteiger partial charge in [0.2, 0.25) is 0 Å². The molecule has 0 saturated heterocycles. The van der Waals surface area contributed by atoms with Crippen LogP contribution in [0.5, 0.6) is 0 Å². The van der Waals surface area contributed by atoms with Gasteiger partial charge in [0.15, 0.2) is 5.82 Å². The maximum absolute atomic E-state index is 11.6. The van der Waals surface area contributed by atoms with E-state index in [4.69, 9.17) is 15.2 Å². The third-order valence-electron chi connectivity index (χ3n) is 2.45. The molecule has 0 radical (unpaired) electrons. The molecule has 0 amide bonds. The fourth-order valence-corrected chi connectivity index (χ4v) is 2.41. The number of hydrogen-bond acceptors (Lipinski definition) is 7. The van der Waals surface area contributed by atoms with Crippen LogP contribution in [0.4, 0.5) is 10.8 Å². The van der Waals surface area contributed by atoms with Crippen LogP contribution in [0.25, 0.3) is 0 Å². The summed E-state index contributed by atoms with van der Waals surface area (Å²) in [5, 5.41) is 3.87. The highest BCUT2D eigenvalue weighted by Crippen LogP contribution is 2.28. The largest absolute Gasteiger partial charge is 0.465 e. The summed E-state index contributed by atoms with van der Waals surface area (Å²) < 4.78 is 13.8. The Bertz CT molecular complexity index is 389. The van der Waals surface area contributed by atoms with Crippen LogP contribution in [-0.2, 0) is 9.47 Å². The molecule has 1 atom stereocenters. The van der Waals surface area contributed by atoms with Crippen LogP contribution in [0.1, 0.15) is 30.1 Å². The highest BCUT2D eigenvalue weighted by Gasteiger charge is 2.21. The summed E-state index contributed by atoms with van der Waals surface area (Å²) in [6.07, 6.45) is 1.95. The van der Waals surface area contributed by atoms with E-state index >= 15 is 0 Å². The average Bonchev–Trinajstić information content (AvgIpc) is 2.70. The number of nitrogens with zero attached hydrogens (tertiary/aromatic N) is 1. The van der Waals surface area contributed by atoms with Gasteiger partial charge in [0.1, 0.15) is 10.6 Å². The van der Waals surface area contributed by atoms with E-state index < -0.39 is 5.97 Å². The van der Waals surface area contributed by atoms with E-state index in [9.17, 15) is 4.79 Å². The number of nitrogens with one attached hydrogen (secondary N) is 1. The number of ether oxygens (including phenoxy) is 2. The van der Waals surface area contributed by atoms with Crippen molar-refractivity contribution in [2.45, 2.75) is 25.8 Å². The lowest BCUT2D eigenvalue weighted by Gasteiger charge is -2.17. The summed E-state index contributed by atoms with van der Waals surface area (Å²) in [4.78, 5) is 11.6. The lowest BCUT2D eigenvalue weighted by molar-refractivity contribution is 0.0603. The minimum Gasteiger partial charge on any atom is -0.465 e. The van der Waals surface area contributed by atoms with Gasteiger partial charge in [-0.15, -0.1) is 0 Å². The number of esters is 1. The fourth-order valence-electron chi connectivity index (χ4n) is 1.63. The number of carbonyl (C=O) groups excluding carboxylic acids is 1. The second-order valence-corrected chi connectivity index (χ2v) is 4.62. The number of nitrogen functional groups attached to an aromatic ring is 1. The molecule has 0 spiro atoms. The second kappa shape index (κ2) is 7.17. The summed E-state index contributed by atoms with van der Waals surface area (Å²) in [6.45, 7) is 2.65. The van der Waals surface area contributed by atoms with Crippen molar-refractivity contribution >= 4 is 28.3 Å². The standard InChI is InChI=1S/C11H19N3O3S/c1-4-5-7(6-16-2)13-10-8(11(15)17-3)9(12)14-18-10/h7,13H,4-6H2,1-3H3,(H2,12,14). The molecule has 0 bridgehead atoms. The van der Waals surface area contributed by atoms with E-state index in [1.54, 1.807) is 7.11 Å². The van der Waals surface area contributed by atoms with Gasteiger partial charge in [0.05, 0.1) is 19.8 Å². The van der Waals surface area contributed by atoms with E-state index in [2.05, 4.69) is 16.6 Å². The molecule has 6 nitrogen and oxygen atoms in total. The van der Waals surface area contributed by atoms with Crippen molar-refractivity contribution in [3.05, 3.63) is 5.56 Å². The Morgan fingerprint density at radius 2 is 2.28 bits per heavy atom. The summed E-state index contributed by atoms with van der Waals surface area (Å²) in [5.74, 6) is -0.279. The first-order chi connectivity index (χ1) is 8.63. The van der Waals surface area contributed by atoms with Gasteiger partial charge in [-0.05, 0) is 18.0 Å². The number of nitrogens with two attached hydrogens (primary N) is 1. The Kier molecular flexibility index (Phi) is 5.87. The second-order valence-electron chi connectivity index (χ2n) is 3.85. The van der Waals surface area contributed by atoms with Gasteiger partial charge < -0.3 is 20.5 Å². The molecule has 3 N–H and O–H groups in total. The van der Waals surface area contributed by atoms with Crippen molar-refractivity contribution in [3.8, 4) is 0 Å². The molecule has 1 heterocycles. The normalized spacial score (nSPS) is 12.2. The number of hydrogen-bond donors (Lipinski definition) is 2. The highest BCUT2D eigenvalue weighted by atomic mass is 32.1. The molecule has 0 fully saturated rings. The Hall–Kier alpha value is -1.34. The van der Waals surface area contributed by atoms with Crippen LogP contribution < -0.4 is 11.1 Å². The van der Waals surface area contributed by atoms with E-state index in [1.165, 1.54) is 7.11 Å². The Labute approximate surface area is 111 Å². The topological polar surface area (TPSA) is 86.5 Å². The van der Waals surface area contributed by atoms with E-state index in [0.717, 1.165) is 24.4 Å². The highest BCUT2D eigenvalue weighted by molar-refractivity contribution is 7.11. The first-order valence-electron chi connectivity index (χ1n) is 5.72. The van der Waals surface area contributed by atoms with Crippen LogP contribution in [0.2, 0.25) is 0 Å². The molecule has 102 valence electrons. The maximum atomic E-state index is 11.6. The van der Waals surface area contributed by atoms with Gasteiger partial charge in [0, 0.05) is 7.11 Å². The zero-order valence-electron chi connectivity index (χ0n) is 10.9. The number of methoxy groups -OCH3 is 2. The maximum Gasteiger partial charge on any atom is 0.344 e. The Balaban J connectivity index is 2.85. The lowest BCUT2D eigenvalue weighted by atomic mass is 10.2. The SMILES string of the molecule is CCCC(COC)Nc1snc(N)c1C(=O)OC. The van der Waals surface area contributed by atoms with Crippen LogP contribution in [-0.4, -0.2) is 37.2 Å². The van der Waals surface area contributed by atoms with Gasteiger partial charge in [-0.25, -0.2) is 4.79 Å². The fraction of sp³-hybridized carbons (Fsp3) is 0.636. The summed E-state index contributed by atoms with van der Waals surface area (Å²) >= 11 is 1.16. The molecule has 0 aliphatic carbocycles. The minimum absolute atomic E-state index is 0.128. The Morgan fingerprint density at radius 3 is 2.83 bits per heavy atom. The monoisotopic (exact) mass is 273 g/mol. The van der Waals surface area contributed by atoms with E-state index in [1.807, 2.05) is 0 Å². The van der Waals surface area contributed by atoms with Gasteiger partial charge in [-0.3, -0.25) is 0 Å². The van der Waals surface area contributed by atoms with Crippen LogP contribution >= 0.6 is 11.5 Å². The third kappa shape index (κ3) is 3.58. The molecule has 0 saturated carbocycles. The van der Waals surface area contributed by atoms with Crippen molar-refractivity contribution in [2.75, 3.05) is 31.9 Å². The van der Waals surface area contributed by atoms with E-state index in [0.29, 0.717) is 17.2 Å². The molecule has 0 aromatic carbocycles. The molecular formula is C11H19N3O3S. The molecule has 0 aliphatic rings. The summed E-state index contributed by atoms with van der Waals surface area (Å²) in [7, 11) is 2.97. The lowest BCUT2D eigenvalue weighted by Crippen LogP contribution is -2.25. The van der Waals surface area contributed by atoms with Crippen LogP contribution in [0, 0.1) is 0 Å². The molecule has 1 aromatic rings. The van der Waals surface area contributed by atoms with Crippen molar-refractivity contribution in [3.63, 3.8) is 0 Å². The molecule has 0 aliphatic heterocycles. The molecule has 1 rings (SSSR count). The smallest absolute Gasteiger partial charge is 0.344 e. The quantitative estimate of drug-likeness (QED) is 0.736. The van der Waals surface area contributed by atoms with Crippen molar-refractivity contribution in [1.29, 1.82) is 0 Å². The molecule has 7 heteroatoms. The molecule has 1 aromatic heterocycles. The number of aromatic nitrogens is 1. The van der Waals surface area contributed by atoms with Gasteiger partial charge in [0.25, 0.3) is 0 Å². The number of anilines is 2. The Morgan fingerprint density at radius 1 is 1.56 bits per heavy atom. The predicted molar refractivity (Wildman–Crippen MR) is 72.1 cm³/mol. The molecule has 1 unspecified atom stereocenters. The molecule has 18 heavy (non-hydrogen) atoms. The van der Waals surface area contributed by atoms with Crippen molar-refractivity contribution in [1.82, 2.24) is 4.37 Å². The number of carbonyl (C=O) groups is 1. The van der Waals surface area contributed by atoms with Gasteiger partial charge in [-0.2, -0.15) is 4.37 Å². The van der Waals surface area contributed by atoms with Crippen molar-refractivity contribution in [2.24, 2.45) is 0 Å². The van der Waals surface area contributed by atoms with Crippen molar-refractivity contribution < 1.29 is 14.3 Å². The zero-order chi connectivity index (χ0) is 13.5. The first-order valence-corrected chi connectivity index (χ1v) is 6.50. The summed E-state index contributed by atoms with van der Waals surface area (Å²) in [5.41, 5.74) is 5.97. The average molecular weight is 273 g/mol. The first kappa shape index (κ1) is 14.7. The van der Waals surface area contributed by atoms with E-state index in [-0.39, 0.29) is 11.9 Å². The predicted octanol–water partition coefficient (Wildman–Crippen LogP) is 1.74. The van der Waals surface area contributed by atoms with Crippen LogP contribution in [0.3, 0.4) is 0 Å². The molecular weight excluding hydrogens is 254 g/mol. The number of rotatable bonds is 7. The van der Waals surface area contributed by atoms with Gasteiger partial charge in [-0.1, -0.05) is 13.3 Å². The van der Waals surface area contributed by atoms with Gasteiger partial charge >= 0.3 is 5.97 Å². The minimum atomic E-state index is -0.476. The third-order valence-corrected chi connectivity index (χ3v) is 3.24. The van der Waals surface area contributed by atoms with Crippen LogP contribution in [0.15, 0.2) is 0 Å². The zero-order valence-corrected chi connectivity index (χ0v) is 11.7.